The van der Waals surface area contributed by atoms with E-state index in [4.69, 9.17) is 10.5 Å². The number of amides is 1. The van der Waals surface area contributed by atoms with Crippen LogP contribution in [0.15, 0.2) is 0 Å². The van der Waals surface area contributed by atoms with Crippen LogP contribution >= 0.6 is 0 Å². The molecule has 0 spiro atoms. The van der Waals surface area contributed by atoms with E-state index < -0.39 is 0 Å². The van der Waals surface area contributed by atoms with Gasteiger partial charge >= 0.3 is 0 Å². The molecule has 2 N–H and O–H groups in total. The second-order valence-corrected chi connectivity index (χ2v) is 4.49. The summed E-state index contributed by atoms with van der Waals surface area (Å²) in [6, 6.07) is 0.678. The van der Waals surface area contributed by atoms with Crippen molar-refractivity contribution in [2.45, 2.75) is 44.2 Å². The van der Waals surface area contributed by atoms with Gasteiger partial charge in [-0.15, -0.1) is 0 Å². The Morgan fingerprint density at radius 2 is 2.13 bits per heavy atom. The minimum Gasteiger partial charge on any atom is -0.369 e. The Morgan fingerprint density at radius 1 is 1.40 bits per heavy atom. The van der Waals surface area contributed by atoms with Crippen LogP contribution in [0.4, 0.5) is 0 Å². The number of hydrogen-bond acceptors (Lipinski definition) is 3. The van der Waals surface area contributed by atoms with Crippen LogP contribution in [0.2, 0.25) is 0 Å². The summed E-state index contributed by atoms with van der Waals surface area (Å²) in [5.74, 6) is 0.159. The minimum absolute atomic E-state index is 0.159. The summed E-state index contributed by atoms with van der Waals surface area (Å²) in [5, 5.41) is 0. The van der Waals surface area contributed by atoms with Crippen molar-refractivity contribution >= 4 is 5.91 Å². The van der Waals surface area contributed by atoms with Crippen LogP contribution in [0.1, 0.15) is 32.1 Å². The van der Waals surface area contributed by atoms with E-state index in [1.807, 2.05) is 0 Å². The van der Waals surface area contributed by atoms with E-state index in [0.29, 0.717) is 19.2 Å². The molecule has 1 aliphatic carbocycles. The van der Waals surface area contributed by atoms with Gasteiger partial charge in [0.1, 0.15) is 6.61 Å². The Morgan fingerprint density at radius 3 is 2.80 bits per heavy atom. The van der Waals surface area contributed by atoms with Gasteiger partial charge in [0, 0.05) is 6.04 Å². The lowest BCUT2D eigenvalue weighted by Gasteiger charge is -2.39. The molecule has 1 unspecified atom stereocenters. The predicted molar refractivity (Wildman–Crippen MR) is 57.4 cm³/mol. The number of ether oxygens (including phenoxy) is 1. The van der Waals surface area contributed by atoms with Crippen LogP contribution in [-0.4, -0.2) is 42.6 Å². The van der Waals surface area contributed by atoms with Crippen molar-refractivity contribution in [1.29, 1.82) is 0 Å². The van der Waals surface area contributed by atoms with Gasteiger partial charge in [-0.1, -0.05) is 12.8 Å². The number of nitrogens with zero attached hydrogens (tertiary/aromatic N) is 1. The van der Waals surface area contributed by atoms with Crippen molar-refractivity contribution < 1.29 is 9.53 Å². The molecule has 0 radical (unpaired) electrons. The molecule has 2 rings (SSSR count). The first kappa shape index (κ1) is 10.9. The van der Waals surface area contributed by atoms with Crippen molar-refractivity contribution in [2.24, 2.45) is 5.73 Å². The van der Waals surface area contributed by atoms with Crippen LogP contribution < -0.4 is 5.73 Å². The summed E-state index contributed by atoms with van der Waals surface area (Å²) in [4.78, 5) is 13.9. The van der Waals surface area contributed by atoms with E-state index in [-0.39, 0.29) is 18.6 Å². The Labute approximate surface area is 90.8 Å². The van der Waals surface area contributed by atoms with Crippen LogP contribution in [0.5, 0.6) is 0 Å². The Kier molecular flexibility index (Phi) is 3.59. The topological polar surface area (TPSA) is 55.6 Å². The molecular formula is C11H20N2O2. The van der Waals surface area contributed by atoms with Gasteiger partial charge in [0.15, 0.2) is 0 Å². The third kappa shape index (κ3) is 2.32. The van der Waals surface area contributed by atoms with Crippen molar-refractivity contribution in [1.82, 2.24) is 4.90 Å². The molecule has 1 saturated carbocycles. The lowest BCUT2D eigenvalue weighted by atomic mass is 10.1. The van der Waals surface area contributed by atoms with Crippen molar-refractivity contribution in [2.75, 3.05) is 19.8 Å². The molecule has 0 aromatic carbocycles. The van der Waals surface area contributed by atoms with Gasteiger partial charge in [0.25, 0.3) is 0 Å². The highest BCUT2D eigenvalue weighted by molar-refractivity contribution is 5.78. The summed E-state index contributed by atoms with van der Waals surface area (Å²) < 4.78 is 5.29. The van der Waals surface area contributed by atoms with E-state index in [9.17, 15) is 4.79 Å². The summed E-state index contributed by atoms with van der Waals surface area (Å²) in [7, 11) is 0. The number of carbonyl (C=O) groups is 1. The fourth-order valence-electron chi connectivity index (χ4n) is 2.74. The van der Waals surface area contributed by atoms with Gasteiger partial charge in [0.2, 0.25) is 5.91 Å². The monoisotopic (exact) mass is 212 g/mol. The lowest BCUT2D eigenvalue weighted by Crippen LogP contribution is -2.54. The molecule has 1 heterocycles. The van der Waals surface area contributed by atoms with Crippen LogP contribution in [0, 0.1) is 0 Å². The van der Waals surface area contributed by atoms with E-state index in [2.05, 4.69) is 4.90 Å². The molecule has 0 bridgehead atoms. The average Bonchev–Trinajstić information content (AvgIpc) is 2.71. The fourth-order valence-corrected chi connectivity index (χ4v) is 2.74. The molecule has 1 atom stereocenters. The zero-order chi connectivity index (χ0) is 10.7. The number of morpholine rings is 1. The van der Waals surface area contributed by atoms with E-state index in [1.54, 1.807) is 0 Å². The highest BCUT2D eigenvalue weighted by Gasteiger charge is 2.34. The highest BCUT2D eigenvalue weighted by atomic mass is 16.5. The molecule has 4 heteroatoms. The molecule has 2 aliphatic rings. The third-order valence-electron chi connectivity index (χ3n) is 3.44. The molecule has 15 heavy (non-hydrogen) atoms. The zero-order valence-corrected chi connectivity index (χ0v) is 9.15. The van der Waals surface area contributed by atoms with Crippen molar-refractivity contribution in [3.8, 4) is 0 Å². The van der Waals surface area contributed by atoms with Gasteiger partial charge in [-0.25, -0.2) is 0 Å². The largest absolute Gasteiger partial charge is 0.369 e. The average molecular weight is 212 g/mol. The Balaban J connectivity index is 2.03. The van der Waals surface area contributed by atoms with Crippen molar-refractivity contribution in [3.63, 3.8) is 0 Å². The number of carbonyl (C=O) groups excluding carboxylic acids is 1. The normalized spacial score (nSPS) is 28.7. The molecule has 2 fully saturated rings. The third-order valence-corrected chi connectivity index (χ3v) is 3.44. The van der Waals surface area contributed by atoms with Crippen LogP contribution in [0.3, 0.4) is 0 Å². The van der Waals surface area contributed by atoms with Gasteiger partial charge < -0.3 is 15.4 Å². The molecule has 86 valence electrons. The Hall–Kier alpha value is -0.610. The van der Waals surface area contributed by atoms with Gasteiger partial charge in [-0.2, -0.15) is 0 Å². The summed E-state index contributed by atoms with van der Waals surface area (Å²) in [5.41, 5.74) is 5.57. The molecule has 0 aromatic rings. The van der Waals surface area contributed by atoms with E-state index >= 15 is 0 Å². The number of nitrogens with two attached hydrogens (primary N) is 1. The van der Waals surface area contributed by atoms with Crippen LogP contribution in [-0.2, 0) is 9.53 Å². The first-order chi connectivity index (χ1) is 7.33. The molecule has 1 aliphatic heterocycles. The highest BCUT2D eigenvalue weighted by Crippen LogP contribution is 2.27. The lowest BCUT2D eigenvalue weighted by molar-refractivity contribution is -0.151. The SMILES string of the molecule is NCCC1COCC(=O)N1C1CCCC1. The van der Waals surface area contributed by atoms with Gasteiger partial charge in [-0.05, 0) is 25.8 Å². The first-order valence-electron chi connectivity index (χ1n) is 5.92. The van der Waals surface area contributed by atoms with E-state index in [0.717, 1.165) is 19.3 Å². The fraction of sp³-hybridized carbons (Fsp3) is 0.909. The maximum atomic E-state index is 11.8. The number of hydrogen-bond donors (Lipinski definition) is 1. The van der Waals surface area contributed by atoms with Crippen molar-refractivity contribution in [3.05, 3.63) is 0 Å². The summed E-state index contributed by atoms with van der Waals surface area (Å²) in [6.45, 7) is 1.56. The maximum Gasteiger partial charge on any atom is 0.249 e. The molecule has 4 nitrogen and oxygen atoms in total. The standard InChI is InChI=1S/C11H20N2O2/c12-6-5-10-7-15-8-11(14)13(10)9-3-1-2-4-9/h9-10H,1-8,12H2. The van der Waals surface area contributed by atoms with Crippen LogP contribution in [0.25, 0.3) is 0 Å². The molecule has 1 amide bonds. The van der Waals surface area contributed by atoms with E-state index in [1.165, 1.54) is 12.8 Å². The maximum absolute atomic E-state index is 11.8. The number of rotatable bonds is 3. The molecular weight excluding hydrogens is 192 g/mol. The predicted octanol–water partition coefficient (Wildman–Crippen LogP) is 0.505. The summed E-state index contributed by atoms with van der Waals surface area (Å²) >= 11 is 0. The quantitative estimate of drug-likeness (QED) is 0.741. The Bertz CT molecular complexity index is 225. The zero-order valence-electron chi connectivity index (χ0n) is 9.15. The first-order valence-corrected chi connectivity index (χ1v) is 5.92. The molecule has 1 saturated heterocycles. The smallest absolute Gasteiger partial charge is 0.249 e. The van der Waals surface area contributed by atoms with Gasteiger partial charge in [0.05, 0.1) is 12.6 Å². The minimum atomic E-state index is 0.159. The second kappa shape index (κ2) is 4.94. The second-order valence-electron chi connectivity index (χ2n) is 4.49. The summed E-state index contributed by atoms with van der Waals surface area (Å²) in [6.07, 6.45) is 5.69. The molecule has 0 aromatic heterocycles. The van der Waals surface area contributed by atoms with Gasteiger partial charge in [-0.3, -0.25) is 4.79 Å².